The van der Waals surface area contributed by atoms with Crippen LogP contribution in [0.5, 0.6) is 0 Å². The van der Waals surface area contributed by atoms with Gasteiger partial charge in [-0.25, -0.2) is 0 Å². The van der Waals surface area contributed by atoms with E-state index in [0.717, 1.165) is 43.2 Å². The summed E-state index contributed by atoms with van der Waals surface area (Å²) in [7, 11) is 1.74. The lowest BCUT2D eigenvalue weighted by Gasteiger charge is -2.45. The number of methoxy groups -OCH3 is 1. The summed E-state index contributed by atoms with van der Waals surface area (Å²) >= 11 is 5.99. The van der Waals surface area contributed by atoms with Gasteiger partial charge in [0.25, 0.3) is 0 Å². The van der Waals surface area contributed by atoms with Crippen molar-refractivity contribution < 1.29 is 9.53 Å². The van der Waals surface area contributed by atoms with E-state index < -0.39 is 0 Å². The Morgan fingerprint density at radius 3 is 2.31 bits per heavy atom. The van der Waals surface area contributed by atoms with Crippen LogP contribution in [0.25, 0.3) is 0 Å². The molecular weight excluding hydrogens is 348 g/mol. The molecule has 1 amide bonds. The summed E-state index contributed by atoms with van der Waals surface area (Å²) in [5.74, 6) is 0.236. The Kier molecular flexibility index (Phi) is 7.51. The van der Waals surface area contributed by atoms with E-state index in [1.54, 1.807) is 7.11 Å². The van der Waals surface area contributed by atoms with Crippen molar-refractivity contribution >= 4 is 17.5 Å². The first-order valence-corrected chi connectivity index (χ1v) is 9.91. The number of benzene rings is 1. The maximum absolute atomic E-state index is 13.0. The molecule has 1 saturated heterocycles. The number of ether oxygens (including phenoxy) is 1. The fraction of sp³-hybridized carbons (Fsp3) is 0.667. The Morgan fingerprint density at radius 2 is 1.77 bits per heavy atom. The highest BCUT2D eigenvalue weighted by Crippen LogP contribution is 2.29. The van der Waals surface area contributed by atoms with Gasteiger partial charge in [0, 0.05) is 56.9 Å². The molecule has 2 atom stereocenters. The van der Waals surface area contributed by atoms with E-state index in [1.807, 2.05) is 29.2 Å². The minimum Gasteiger partial charge on any atom is -0.385 e. The fourth-order valence-corrected chi connectivity index (χ4v) is 4.01. The number of hydrogen-bond donors (Lipinski definition) is 0. The van der Waals surface area contributed by atoms with E-state index in [-0.39, 0.29) is 11.3 Å². The van der Waals surface area contributed by atoms with E-state index >= 15 is 0 Å². The van der Waals surface area contributed by atoms with Gasteiger partial charge in [-0.15, -0.1) is 0 Å². The van der Waals surface area contributed by atoms with Gasteiger partial charge in [-0.05, 0) is 43.4 Å². The first-order valence-electron chi connectivity index (χ1n) is 9.53. The Hall–Kier alpha value is -1.10. The first kappa shape index (κ1) is 21.2. The van der Waals surface area contributed by atoms with Crippen LogP contribution >= 0.6 is 11.6 Å². The molecule has 0 saturated carbocycles. The van der Waals surface area contributed by atoms with Crippen molar-refractivity contribution in [2.45, 2.75) is 58.0 Å². The van der Waals surface area contributed by atoms with Crippen LogP contribution in [0.15, 0.2) is 24.3 Å². The smallest absolute Gasteiger partial charge is 0.223 e. The normalized spacial score (nSPS) is 21.8. The van der Waals surface area contributed by atoms with Gasteiger partial charge in [-0.3, -0.25) is 9.69 Å². The number of carbonyl (C=O) groups excluding carboxylic acids is 1. The molecule has 4 nitrogen and oxygen atoms in total. The summed E-state index contributed by atoms with van der Waals surface area (Å²) in [5.41, 5.74) is 0.943. The van der Waals surface area contributed by atoms with Gasteiger partial charge in [-0.2, -0.15) is 0 Å². The molecule has 1 aromatic rings. The highest BCUT2D eigenvalue weighted by atomic mass is 35.5. The lowest BCUT2D eigenvalue weighted by atomic mass is 9.81. The van der Waals surface area contributed by atoms with Crippen molar-refractivity contribution in [3.63, 3.8) is 0 Å². The van der Waals surface area contributed by atoms with Gasteiger partial charge in [-0.1, -0.05) is 37.6 Å². The Balaban J connectivity index is 1.96. The van der Waals surface area contributed by atoms with Crippen LogP contribution < -0.4 is 0 Å². The van der Waals surface area contributed by atoms with Crippen molar-refractivity contribution in [1.82, 2.24) is 9.80 Å². The van der Waals surface area contributed by atoms with E-state index in [0.29, 0.717) is 18.5 Å². The van der Waals surface area contributed by atoms with Crippen LogP contribution in [0.3, 0.4) is 0 Å². The van der Waals surface area contributed by atoms with E-state index in [2.05, 4.69) is 32.6 Å². The summed E-state index contributed by atoms with van der Waals surface area (Å²) < 4.78 is 5.17. The quantitative estimate of drug-likeness (QED) is 0.671. The van der Waals surface area contributed by atoms with Crippen molar-refractivity contribution in [3.8, 4) is 0 Å². The van der Waals surface area contributed by atoms with E-state index in [1.165, 1.54) is 0 Å². The molecule has 0 bridgehead atoms. The van der Waals surface area contributed by atoms with Crippen LogP contribution in [0.1, 0.15) is 46.1 Å². The summed E-state index contributed by atoms with van der Waals surface area (Å²) in [5, 5.41) is 0.725. The van der Waals surface area contributed by atoms with Crippen LogP contribution in [0, 0.1) is 0 Å². The molecule has 1 aromatic carbocycles. The lowest BCUT2D eigenvalue weighted by molar-refractivity contribution is -0.136. The first-order chi connectivity index (χ1) is 12.2. The van der Waals surface area contributed by atoms with Gasteiger partial charge in [0.05, 0.1) is 0 Å². The summed E-state index contributed by atoms with van der Waals surface area (Å²) in [6.45, 7) is 12.1. The topological polar surface area (TPSA) is 32.8 Å². The SMILES string of the molecule is COCCCN1C(C)CN(C(=O)CC(C)(C)c2ccc(Cl)cc2)CC1C. The van der Waals surface area contributed by atoms with Crippen molar-refractivity contribution in [2.24, 2.45) is 0 Å². The standard InChI is InChI=1S/C21H33ClN2O2/c1-16-14-23(15-17(2)24(16)11-6-12-26-5)20(25)13-21(3,4)18-7-9-19(22)10-8-18/h7-10,16-17H,6,11-15H2,1-5H3. The van der Waals surface area contributed by atoms with Gasteiger partial charge in [0.15, 0.2) is 0 Å². The molecule has 26 heavy (non-hydrogen) atoms. The molecule has 0 spiro atoms. The predicted molar refractivity (Wildman–Crippen MR) is 108 cm³/mol. The zero-order valence-electron chi connectivity index (χ0n) is 16.8. The molecule has 0 radical (unpaired) electrons. The second-order valence-electron chi connectivity index (χ2n) is 8.15. The summed E-state index contributed by atoms with van der Waals surface area (Å²) in [6, 6.07) is 8.58. The molecular formula is C21H33ClN2O2. The van der Waals surface area contributed by atoms with Crippen molar-refractivity contribution in [2.75, 3.05) is 33.4 Å². The number of amides is 1. The third-order valence-corrected chi connectivity index (χ3v) is 5.69. The van der Waals surface area contributed by atoms with Crippen molar-refractivity contribution in [1.29, 1.82) is 0 Å². The molecule has 1 heterocycles. The Bertz CT molecular complexity index is 576. The third kappa shape index (κ3) is 5.45. The third-order valence-electron chi connectivity index (χ3n) is 5.44. The molecule has 0 aliphatic carbocycles. The molecule has 1 aliphatic heterocycles. The molecule has 2 rings (SSSR count). The average molecular weight is 381 g/mol. The fourth-order valence-electron chi connectivity index (χ4n) is 3.89. The maximum Gasteiger partial charge on any atom is 0.223 e. The molecule has 5 heteroatoms. The van der Waals surface area contributed by atoms with Crippen LogP contribution in [-0.4, -0.2) is 61.1 Å². The van der Waals surface area contributed by atoms with Gasteiger partial charge in [0.1, 0.15) is 0 Å². The van der Waals surface area contributed by atoms with Gasteiger partial charge in [0.2, 0.25) is 5.91 Å². The number of rotatable bonds is 7. The summed E-state index contributed by atoms with van der Waals surface area (Å²) in [4.78, 5) is 17.5. The number of nitrogens with zero attached hydrogens (tertiary/aromatic N) is 2. The second kappa shape index (κ2) is 9.20. The molecule has 1 fully saturated rings. The Morgan fingerprint density at radius 1 is 1.19 bits per heavy atom. The number of piperazine rings is 1. The number of hydrogen-bond acceptors (Lipinski definition) is 3. The monoisotopic (exact) mass is 380 g/mol. The molecule has 146 valence electrons. The highest BCUT2D eigenvalue weighted by molar-refractivity contribution is 6.30. The van der Waals surface area contributed by atoms with Crippen LogP contribution in [0.2, 0.25) is 5.02 Å². The second-order valence-corrected chi connectivity index (χ2v) is 8.58. The molecule has 1 aliphatic rings. The van der Waals surface area contributed by atoms with E-state index in [9.17, 15) is 4.79 Å². The van der Waals surface area contributed by atoms with Gasteiger partial charge < -0.3 is 9.64 Å². The van der Waals surface area contributed by atoms with Gasteiger partial charge >= 0.3 is 0 Å². The number of halogens is 1. The molecule has 0 N–H and O–H groups in total. The van der Waals surface area contributed by atoms with E-state index in [4.69, 9.17) is 16.3 Å². The largest absolute Gasteiger partial charge is 0.385 e. The minimum absolute atomic E-state index is 0.205. The maximum atomic E-state index is 13.0. The summed E-state index contributed by atoms with van der Waals surface area (Å²) in [6.07, 6.45) is 1.54. The molecule has 2 unspecified atom stereocenters. The van der Waals surface area contributed by atoms with Crippen LogP contribution in [-0.2, 0) is 14.9 Å². The minimum atomic E-state index is -0.205. The predicted octanol–water partition coefficient (Wildman–Crippen LogP) is 3.97. The number of carbonyl (C=O) groups is 1. The Labute approximate surface area is 163 Å². The van der Waals surface area contributed by atoms with Crippen molar-refractivity contribution in [3.05, 3.63) is 34.9 Å². The zero-order valence-corrected chi connectivity index (χ0v) is 17.6. The molecule has 0 aromatic heterocycles. The lowest BCUT2D eigenvalue weighted by Crippen LogP contribution is -2.58. The average Bonchev–Trinajstić information content (AvgIpc) is 2.57. The zero-order chi connectivity index (χ0) is 19.3. The van der Waals surface area contributed by atoms with Crippen LogP contribution in [0.4, 0.5) is 0 Å². The highest BCUT2D eigenvalue weighted by Gasteiger charge is 2.34.